The third kappa shape index (κ3) is 8.12. The Hall–Kier alpha value is -0.220. The standard InChI is InChI=1S/C9H19NO2S/c1-8(5-7-13-2)10-9(12)4-3-6-11/h8,11H,3-7H2,1-2H3,(H,10,12). The zero-order chi connectivity index (χ0) is 10.1. The SMILES string of the molecule is CSCCC(C)NC(=O)CCCO. The molecule has 13 heavy (non-hydrogen) atoms. The Labute approximate surface area is 84.3 Å². The summed E-state index contributed by atoms with van der Waals surface area (Å²) in [6, 6.07) is 0.249. The Balaban J connectivity index is 3.41. The van der Waals surface area contributed by atoms with Crippen LogP contribution in [0.15, 0.2) is 0 Å². The molecule has 1 unspecified atom stereocenters. The Bertz CT molecular complexity index is 142. The number of carbonyl (C=O) groups excluding carboxylic acids is 1. The molecule has 0 aliphatic rings. The van der Waals surface area contributed by atoms with Crippen molar-refractivity contribution in [3.8, 4) is 0 Å². The van der Waals surface area contributed by atoms with Gasteiger partial charge in [-0.25, -0.2) is 0 Å². The first-order valence-corrected chi connectivity index (χ1v) is 5.99. The summed E-state index contributed by atoms with van der Waals surface area (Å²) in [5, 5.41) is 11.4. The summed E-state index contributed by atoms with van der Waals surface area (Å²) in [6.07, 6.45) is 4.05. The molecule has 78 valence electrons. The minimum atomic E-state index is 0.0441. The Morgan fingerprint density at radius 2 is 2.31 bits per heavy atom. The van der Waals surface area contributed by atoms with Gasteiger partial charge < -0.3 is 10.4 Å². The van der Waals surface area contributed by atoms with Crippen LogP contribution in [0.2, 0.25) is 0 Å². The number of aliphatic hydroxyl groups is 1. The number of rotatable bonds is 7. The molecule has 0 aliphatic carbocycles. The van der Waals surface area contributed by atoms with E-state index in [2.05, 4.69) is 11.6 Å². The van der Waals surface area contributed by atoms with Crippen LogP contribution in [0.25, 0.3) is 0 Å². The number of thioether (sulfide) groups is 1. The minimum Gasteiger partial charge on any atom is -0.396 e. The summed E-state index contributed by atoms with van der Waals surface area (Å²) < 4.78 is 0. The third-order valence-corrected chi connectivity index (χ3v) is 2.37. The van der Waals surface area contributed by atoms with Gasteiger partial charge in [-0.15, -0.1) is 0 Å². The topological polar surface area (TPSA) is 49.3 Å². The lowest BCUT2D eigenvalue weighted by Crippen LogP contribution is -2.32. The van der Waals surface area contributed by atoms with Gasteiger partial charge in [-0.05, 0) is 31.8 Å². The zero-order valence-electron chi connectivity index (χ0n) is 8.38. The second-order valence-electron chi connectivity index (χ2n) is 3.08. The van der Waals surface area contributed by atoms with Crippen LogP contribution in [-0.4, -0.2) is 35.7 Å². The van der Waals surface area contributed by atoms with Gasteiger partial charge in [0.05, 0.1) is 0 Å². The minimum absolute atomic E-state index is 0.0441. The maximum absolute atomic E-state index is 11.1. The fraction of sp³-hybridized carbons (Fsp3) is 0.889. The first-order valence-electron chi connectivity index (χ1n) is 4.60. The number of hydrogen-bond acceptors (Lipinski definition) is 3. The summed E-state index contributed by atoms with van der Waals surface area (Å²) in [4.78, 5) is 11.1. The van der Waals surface area contributed by atoms with Gasteiger partial charge in [-0.3, -0.25) is 4.79 Å². The van der Waals surface area contributed by atoms with E-state index in [0.717, 1.165) is 12.2 Å². The fourth-order valence-corrected chi connectivity index (χ4v) is 1.54. The smallest absolute Gasteiger partial charge is 0.220 e. The summed E-state index contributed by atoms with van der Waals surface area (Å²) in [5.74, 6) is 1.12. The van der Waals surface area contributed by atoms with Crippen molar-refractivity contribution in [3.63, 3.8) is 0 Å². The van der Waals surface area contributed by atoms with Crippen molar-refractivity contribution in [2.45, 2.75) is 32.2 Å². The Kier molecular flexibility index (Phi) is 8.24. The second-order valence-corrected chi connectivity index (χ2v) is 4.06. The molecule has 0 fully saturated rings. The van der Waals surface area contributed by atoms with Gasteiger partial charge in [0.2, 0.25) is 5.91 Å². The molecule has 0 aliphatic heterocycles. The molecule has 1 atom stereocenters. The van der Waals surface area contributed by atoms with Gasteiger partial charge >= 0.3 is 0 Å². The van der Waals surface area contributed by atoms with Gasteiger partial charge in [-0.1, -0.05) is 0 Å². The van der Waals surface area contributed by atoms with E-state index in [1.165, 1.54) is 0 Å². The lowest BCUT2D eigenvalue weighted by Gasteiger charge is -2.12. The van der Waals surface area contributed by atoms with Crippen LogP contribution in [-0.2, 0) is 4.79 Å². The van der Waals surface area contributed by atoms with Gasteiger partial charge in [0.1, 0.15) is 0 Å². The number of aliphatic hydroxyl groups excluding tert-OH is 1. The lowest BCUT2D eigenvalue weighted by atomic mass is 10.2. The quantitative estimate of drug-likeness (QED) is 0.652. The van der Waals surface area contributed by atoms with E-state index in [4.69, 9.17) is 5.11 Å². The molecule has 0 bridgehead atoms. The van der Waals surface area contributed by atoms with Crippen LogP contribution in [0.1, 0.15) is 26.2 Å². The first kappa shape index (κ1) is 12.8. The molecule has 0 aromatic rings. The van der Waals surface area contributed by atoms with Gasteiger partial charge in [-0.2, -0.15) is 11.8 Å². The Morgan fingerprint density at radius 1 is 1.62 bits per heavy atom. The van der Waals surface area contributed by atoms with Crippen LogP contribution in [0, 0.1) is 0 Å². The number of nitrogens with one attached hydrogen (secondary N) is 1. The highest BCUT2D eigenvalue weighted by Gasteiger charge is 2.05. The predicted octanol–water partition coefficient (Wildman–Crippen LogP) is 1.02. The molecule has 1 amide bonds. The molecule has 0 rings (SSSR count). The van der Waals surface area contributed by atoms with Crippen LogP contribution in [0.5, 0.6) is 0 Å². The summed E-state index contributed by atoms with van der Waals surface area (Å²) in [6.45, 7) is 2.10. The number of amides is 1. The Morgan fingerprint density at radius 3 is 2.85 bits per heavy atom. The van der Waals surface area contributed by atoms with E-state index in [0.29, 0.717) is 12.8 Å². The molecule has 0 saturated carbocycles. The largest absolute Gasteiger partial charge is 0.396 e. The van der Waals surface area contributed by atoms with E-state index < -0.39 is 0 Å². The van der Waals surface area contributed by atoms with Gasteiger partial charge in [0.25, 0.3) is 0 Å². The molecule has 0 aromatic carbocycles. The van der Waals surface area contributed by atoms with Crippen molar-refractivity contribution in [2.24, 2.45) is 0 Å². The van der Waals surface area contributed by atoms with Crippen LogP contribution >= 0.6 is 11.8 Å². The van der Waals surface area contributed by atoms with E-state index in [-0.39, 0.29) is 18.6 Å². The molecular weight excluding hydrogens is 186 g/mol. The summed E-state index contributed by atoms with van der Waals surface area (Å²) >= 11 is 1.78. The fourth-order valence-electron chi connectivity index (χ4n) is 0.953. The molecular formula is C9H19NO2S. The maximum atomic E-state index is 11.1. The van der Waals surface area contributed by atoms with Crippen molar-refractivity contribution in [3.05, 3.63) is 0 Å². The highest BCUT2D eigenvalue weighted by Crippen LogP contribution is 2.00. The van der Waals surface area contributed by atoms with Crippen LogP contribution in [0.4, 0.5) is 0 Å². The van der Waals surface area contributed by atoms with E-state index in [9.17, 15) is 4.79 Å². The molecule has 0 saturated heterocycles. The summed E-state index contributed by atoms with van der Waals surface area (Å²) in [5.41, 5.74) is 0. The average Bonchev–Trinajstić information content (AvgIpc) is 2.11. The van der Waals surface area contributed by atoms with Crippen LogP contribution in [0.3, 0.4) is 0 Å². The second kappa shape index (κ2) is 8.38. The molecule has 0 heterocycles. The van der Waals surface area contributed by atoms with E-state index >= 15 is 0 Å². The highest BCUT2D eigenvalue weighted by atomic mass is 32.2. The normalized spacial score (nSPS) is 12.5. The van der Waals surface area contributed by atoms with E-state index in [1.807, 2.05) is 6.92 Å². The third-order valence-electron chi connectivity index (χ3n) is 1.72. The van der Waals surface area contributed by atoms with Gasteiger partial charge in [0.15, 0.2) is 0 Å². The average molecular weight is 205 g/mol. The van der Waals surface area contributed by atoms with Crippen molar-refractivity contribution in [1.29, 1.82) is 0 Å². The summed E-state index contributed by atoms with van der Waals surface area (Å²) in [7, 11) is 0. The highest BCUT2D eigenvalue weighted by molar-refractivity contribution is 7.98. The molecule has 0 aromatic heterocycles. The van der Waals surface area contributed by atoms with Crippen molar-refractivity contribution < 1.29 is 9.90 Å². The van der Waals surface area contributed by atoms with Crippen LogP contribution < -0.4 is 5.32 Å². The number of carbonyl (C=O) groups is 1. The molecule has 4 heteroatoms. The van der Waals surface area contributed by atoms with Gasteiger partial charge in [0, 0.05) is 19.1 Å². The van der Waals surface area contributed by atoms with Crippen molar-refractivity contribution in [2.75, 3.05) is 18.6 Å². The monoisotopic (exact) mass is 205 g/mol. The van der Waals surface area contributed by atoms with Crippen molar-refractivity contribution >= 4 is 17.7 Å². The maximum Gasteiger partial charge on any atom is 0.220 e. The van der Waals surface area contributed by atoms with Crippen molar-refractivity contribution in [1.82, 2.24) is 5.32 Å². The van der Waals surface area contributed by atoms with E-state index in [1.54, 1.807) is 11.8 Å². The lowest BCUT2D eigenvalue weighted by molar-refractivity contribution is -0.121. The molecule has 3 nitrogen and oxygen atoms in total. The molecule has 2 N–H and O–H groups in total. The predicted molar refractivity (Wildman–Crippen MR) is 56.9 cm³/mol. The number of hydrogen-bond donors (Lipinski definition) is 2. The first-order chi connectivity index (χ1) is 6.20. The molecule has 0 spiro atoms. The zero-order valence-corrected chi connectivity index (χ0v) is 9.19. The molecule has 0 radical (unpaired) electrons.